The molecule has 0 saturated carbocycles. The first-order valence-electron chi connectivity index (χ1n) is 22.6. The van der Waals surface area contributed by atoms with Crippen LogP contribution in [-0.2, 0) is 0 Å². The lowest BCUT2D eigenvalue weighted by Gasteiger charge is -2.23. The Bertz CT molecular complexity index is 3200. The normalized spacial score (nSPS) is 16.4. The molecule has 334 valence electrons. The highest BCUT2D eigenvalue weighted by Crippen LogP contribution is 2.43. The average Bonchev–Trinajstić information content (AvgIpc) is 4.14. The molecule has 4 aromatic heterocycles. The van der Waals surface area contributed by atoms with E-state index in [1.165, 1.54) is 12.8 Å². The molecule has 2 aliphatic heterocycles. The zero-order valence-corrected chi connectivity index (χ0v) is 38.8. The molecule has 2 aliphatic rings. The van der Waals surface area contributed by atoms with Crippen LogP contribution in [0.4, 0.5) is 0 Å². The summed E-state index contributed by atoms with van der Waals surface area (Å²) in [5.41, 5.74) is 14.1. The van der Waals surface area contributed by atoms with Gasteiger partial charge in [-0.05, 0) is 143 Å². The van der Waals surface area contributed by atoms with E-state index in [1.807, 2.05) is 72.8 Å². The molecule has 12 rings (SSSR count). The zero-order valence-electron chi connectivity index (χ0n) is 35.8. The van der Waals surface area contributed by atoms with Gasteiger partial charge in [0, 0.05) is 110 Å². The lowest BCUT2D eigenvalue weighted by molar-refractivity contribution is 0.265. The van der Waals surface area contributed by atoms with Gasteiger partial charge in [-0.15, -0.1) is 0 Å². The van der Waals surface area contributed by atoms with Gasteiger partial charge >= 0.3 is 0 Å². The Balaban J connectivity index is 0.000000144. The third kappa shape index (κ3) is 8.45. The molecule has 0 bridgehead atoms. The SMILES string of the molecule is Clc1ccc2[nH]c3c(OCCCNC4CCNCC4)c4[nH]c5ccc(Cl)cc5c4cc3c2c1.NC1CCN(CCCOc2c3[nH]c4ccc(Cl)cc4c3cc3c2[nH]c2ccc(Cl)cc23)C1. The summed E-state index contributed by atoms with van der Waals surface area (Å²) in [5.74, 6) is 1.69. The number of hydrogen-bond donors (Lipinski definition) is 7. The molecule has 8 N–H and O–H groups in total. The summed E-state index contributed by atoms with van der Waals surface area (Å²) in [5, 5.41) is 18.7. The van der Waals surface area contributed by atoms with Gasteiger partial charge in [0.1, 0.15) is 0 Å². The third-order valence-corrected chi connectivity index (χ3v) is 14.1. The molecule has 1 unspecified atom stereocenters. The number of nitrogens with zero attached hydrogens (tertiary/aromatic N) is 1. The van der Waals surface area contributed by atoms with Crippen LogP contribution in [-0.4, -0.2) is 89.4 Å². The van der Waals surface area contributed by atoms with E-state index in [2.05, 4.69) is 47.6 Å². The van der Waals surface area contributed by atoms with Crippen molar-refractivity contribution in [2.75, 3.05) is 52.5 Å². The van der Waals surface area contributed by atoms with E-state index in [0.717, 1.165) is 167 Å². The predicted octanol–water partition coefficient (Wildman–Crippen LogP) is 12.4. The van der Waals surface area contributed by atoms with E-state index >= 15 is 0 Å². The van der Waals surface area contributed by atoms with Crippen LogP contribution in [0.15, 0.2) is 84.9 Å². The monoisotopic (exact) mass is 946 g/mol. The number of halogens is 4. The molecule has 0 aliphatic carbocycles. The van der Waals surface area contributed by atoms with Gasteiger partial charge in [0.25, 0.3) is 0 Å². The van der Waals surface area contributed by atoms with E-state index in [-0.39, 0.29) is 0 Å². The molecule has 10 nitrogen and oxygen atoms in total. The summed E-state index contributed by atoms with van der Waals surface area (Å²) in [6, 6.07) is 29.1. The molecule has 6 heterocycles. The maximum absolute atomic E-state index is 6.46. The Morgan fingerprint density at radius 3 is 1.35 bits per heavy atom. The minimum absolute atomic E-state index is 0.306. The van der Waals surface area contributed by atoms with Crippen LogP contribution in [0.2, 0.25) is 20.1 Å². The summed E-state index contributed by atoms with van der Waals surface area (Å²) in [6.45, 7) is 7.47. The molecular formula is C51H50Cl4N8O2. The van der Waals surface area contributed by atoms with Crippen molar-refractivity contribution in [1.82, 2.24) is 35.5 Å². The Morgan fingerprint density at radius 1 is 0.538 bits per heavy atom. The molecule has 0 spiro atoms. The Labute approximate surface area is 395 Å². The average molecular weight is 949 g/mol. The number of likely N-dealkylation sites (tertiary alicyclic amines) is 1. The van der Waals surface area contributed by atoms with Crippen LogP contribution in [0.3, 0.4) is 0 Å². The molecule has 0 amide bonds. The number of hydrogen-bond acceptors (Lipinski definition) is 6. The predicted molar refractivity (Wildman–Crippen MR) is 274 cm³/mol. The number of fused-ring (bicyclic) bond motifs is 12. The number of piperidine rings is 1. The van der Waals surface area contributed by atoms with Crippen molar-refractivity contribution >= 4 is 134 Å². The third-order valence-electron chi connectivity index (χ3n) is 13.2. The number of nitrogens with one attached hydrogen (secondary N) is 6. The van der Waals surface area contributed by atoms with Crippen LogP contribution in [0.1, 0.15) is 32.1 Å². The molecule has 2 saturated heterocycles. The summed E-state index contributed by atoms with van der Waals surface area (Å²) in [7, 11) is 0. The summed E-state index contributed by atoms with van der Waals surface area (Å²) in [4.78, 5) is 16.6. The number of ether oxygens (including phenoxy) is 2. The van der Waals surface area contributed by atoms with Gasteiger partial charge in [0.2, 0.25) is 0 Å². The van der Waals surface area contributed by atoms with E-state index < -0.39 is 0 Å². The molecule has 14 heteroatoms. The van der Waals surface area contributed by atoms with Crippen molar-refractivity contribution in [3.8, 4) is 11.5 Å². The first-order valence-corrected chi connectivity index (χ1v) is 24.1. The maximum Gasteiger partial charge on any atom is 0.167 e. The molecule has 65 heavy (non-hydrogen) atoms. The molecule has 1 atom stereocenters. The molecule has 10 aromatic rings. The van der Waals surface area contributed by atoms with Crippen molar-refractivity contribution in [3.63, 3.8) is 0 Å². The van der Waals surface area contributed by atoms with E-state index in [1.54, 1.807) is 0 Å². The largest absolute Gasteiger partial charge is 0.489 e. The number of nitrogens with two attached hydrogens (primary N) is 1. The van der Waals surface area contributed by atoms with Crippen LogP contribution in [0.5, 0.6) is 11.5 Å². The zero-order chi connectivity index (χ0) is 44.2. The van der Waals surface area contributed by atoms with E-state index in [4.69, 9.17) is 61.6 Å². The Hall–Kier alpha value is -4.88. The first kappa shape index (κ1) is 42.7. The fourth-order valence-corrected chi connectivity index (χ4v) is 10.7. The minimum Gasteiger partial charge on any atom is -0.489 e. The van der Waals surface area contributed by atoms with Gasteiger partial charge in [-0.3, -0.25) is 0 Å². The Kier molecular flexibility index (Phi) is 11.9. The second-order valence-electron chi connectivity index (χ2n) is 17.6. The second-order valence-corrected chi connectivity index (χ2v) is 19.3. The second kappa shape index (κ2) is 18.1. The smallest absolute Gasteiger partial charge is 0.167 e. The molecular weight excluding hydrogens is 898 g/mol. The highest BCUT2D eigenvalue weighted by atomic mass is 35.5. The van der Waals surface area contributed by atoms with Gasteiger partial charge in [-0.2, -0.15) is 0 Å². The van der Waals surface area contributed by atoms with Crippen molar-refractivity contribution < 1.29 is 9.47 Å². The summed E-state index contributed by atoms with van der Waals surface area (Å²) < 4.78 is 12.9. The van der Waals surface area contributed by atoms with Gasteiger partial charge in [-0.25, -0.2) is 0 Å². The summed E-state index contributed by atoms with van der Waals surface area (Å²) in [6.07, 6.45) is 5.35. The van der Waals surface area contributed by atoms with Crippen LogP contribution in [0, 0.1) is 0 Å². The van der Waals surface area contributed by atoms with Crippen LogP contribution in [0.25, 0.3) is 87.2 Å². The van der Waals surface area contributed by atoms with Gasteiger partial charge in [0.05, 0.1) is 35.3 Å². The fourth-order valence-electron chi connectivity index (χ4n) is 9.99. The lowest BCUT2D eigenvalue weighted by Crippen LogP contribution is -2.40. The van der Waals surface area contributed by atoms with E-state index in [0.29, 0.717) is 35.3 Å². The summed E-state index contributed by atoms with van der Waals surface area (Å²) >= 11 is 25.3. The van der Waals surface area contributed by atoms with Gasteiger partial charge in [0.15, 0.2) is 11.5 Å². The van der Waals surface area contributed by atoms with Crippen molar-refractivity contribution in [3.05, 3.63) is 105 Å². The maximum atomic E-state index is 6.46. The Morgan fingerprint density at radius 2 is 0.954 bits per heavy atom. The highest BCUT2D eigenvalue weighted by molar-refractivity contribution is 6.34. The number of benzene rings is 6. The quantitative estimate of drug-likeness (QED) is 0.0646. The van der Waals surface area contributed by atoms with Crippen molar-refractivity contribution in [1.29, 1.82) is 0 Å². The highest BCUT2D eigenvalue weighted by Gasteiger charge is 2.22. The van der Waals surface area contributed by atoms with Crippen LogP contribution >= 0.6 is 46.4 Å². The van der Waals surface area contributed by atoms with Crippen molar-refractivity contribution in [2.24, 2.45) is 5.73 Å². The standard InChI is InChI=1S/C26H26Cl2N4O.C25H24Cl2N4O/c27-15-2-4-22-18(12-15)20-14-21-19-13-16(28)3-5-23(19)32-25(21)26(24(20)31-22)33-11-1-8-30-17-6-9-29-10-7-17;26-14-2-4-21-17(10-14)19-12-20-18-11-15(27)3-5-22(18)30-24(20)25(23(19)29-21)32-9-1-7-31-8-6-16(28)13-31/h2-5,12-14,17,29-32H,1,6-11H2;2-5,10-12,16,29-30H,1,6-9,13,28H2. The molecule has 0 radical (unpaired) electrons. The number of aromatic nitrogens is 4. The van der Waals surface area contributed by atoms with Gasteiger partial charge in [-0.1, -0.05) is 46.4 Å². The van der Waals surface area contributed by atoms with Gasteiger partial charge < -0.3 is 50.7 Å². The lowest BCUT2D eigenvalue weighted by atomic mass is 10.1. The topological polar surface area (TPSA) is 135 Å². The van der Waals surface area contributed by atoms with Crippen LogP contribution < -0.4 is 25.8 Å². The number of H-pyrrole nitrogens is 4. The molecule has 2 fully saturated rings. The van der Waals surface area contributed by atoms with Crippen molar-refractivity contribution in [2.45, 2.75) is 44.2 Å². The first-order chi connectivity index (χ1) is 31.7. The molecule has 6 aromatic carbocycles. The fraction of sp³-hybridized carbons (Fsp3) is 0.294. The van der Waals surface area contributed by atoms with E-state index in [9.17, 15) is 0 Å². The number of rotatable bonds is 11. The minimum atomic E-state index is 0.306. The number of aromatic amines is 4.